The molecule has 0 radical (unpaired) electrons. The van der Waals surface area contributed by atoms with Crippen molar-refractivity contribution in [2.75, 3.05) is 11.8 Å². The molecule has 0 atom stereocenters. The molecule has 0 spiro atoms. The van der Waals surface area contributed by atoms with E-state index in [0.717, 1.165) is 11.1 Å². The Kier molecular flexibility index (Phi) is 4.15. The molecule has 6 heteroatoms. The van der Waals surface area contributed by atoms with E-state index in [0.29, 0.717) is 18.0 Å². The predicted molar refractivity (Wildman–Crippen MR) is 78.2 cm³/mol. The largest absolute Gasteiger partial charge is 0.446 e. The lowest BCUT2D eigenvalue weighted by Crippen LogP contribution is -2.12. The number of nitrogens with one attached hydrogen (secondary N) is 2. The molecule has 0 aliphatic heterocycles. The minimum atomic E-state index is -3.68. The Labute approximate surface area is 119 Å². The van der Waals surface area contributed by atoms with E-state index in [4.69, 9.17) is 4.42 Å². The molecule has 0 fully saturated rings. The van der Waals surface area contributed by atoms with Crippen molar-refractivity contribution in [3.05, 3.63) is 47.2 Å². The maximum Gasteiger partial charge on any atom is 0.295 e. The molecule has 2 aromatic rings. The summed E-state index contributed by atoms with van der Waals surface area (Å²) in [4.78, 5) is 0. The highest BCUT2D eigenvalue weighted by Gasteiger charge is 2.19. The zero-order valence-electron chi connectivity index (χ0n) is 11.7. The van der Waals surface area contributed by atoms with Crippen molar-refractivity contribution in [2.45, 2.75) is 25.5 Å². The Morgan fingerprint density at radius 1 is 1.10 bits per heavy atom. The normalized spacial score (nSPS) is 11.6. The van der Waals surface area contributed by atoms with Gasteiger partial charge in [-0.3, -0.25) is 4.72 Å². The van der Waals surface area contributed by atoms with Gasteiger partial charge in [0.1, 0.15) is 5.76 Å². The lowest BCUT2D eigenvalue weighted by molar-refractivity contribution is 0.408. The third-order valence-corrected chi connectivity index (χ3v) is 4.27. The van der Waals surface area contributed by atoms with Crippen LogP contribution < -0.4 is 10.0 Å². The molecule has 108 valence electrons. The van der Waals surface area contributed by atoms with Gasteiger partial charge >= 0.3 is 0 Å². The lowest BCUT2D eigenvalue weighted by atomic mass is 10.1. The van der Waals surface area contributed by atoms with Gasteiger partial charge in [0.15, 0.2) is 0 Å². The number of aryl methyl sites for hydroxylation is 2. The van der Waals surface area contributed by atoms with E-state index in [1.165, 1.54) is 6.07 Å². The molecule has 1 aromatic heterocycles. The van der Waals surface area contributed by atoms with Crippen LogP contribution in [-0.4, -0.2) is 15.5 Å². The van der Waals surface area contributed by atoms with Crippen LogP contribution in [0, 0.1) is 13.8 Å². The molecule has 5 nitrogen and oxygen atoms in total. The summed E-state index contributed by atoms with van der Waals surface area (Å²) in [6, 6.07) is 8.50. The van der Waals surface area contributed by atoms with Crippen LogP contribution in [0.25, 0.3) is 0 Å². The first-order chi connectivity index (χ1) is 9.42. The van der Waals surface area contributed by atoms with Crippen molar-refractivity contribution in [3.8, 4) is 0 Å². The van der Waals surface area contributed by atoms with Crippen molar-refractivity contribution in [1.82, 2.24) is 5.32 Å². The molecule has 2 rings (SSSR count). The molecular formula is C14H18N2O3S. The summed E-state index contributed by atoms with van der Waals surface area (Å²) in [7, 11) is -1.92. The highest BCUT2D eigenvalue weighted by atomic mass is 32.2. The molecule has 1 heterocycles. The molecule has 0 aliphatic rings. The molecule has 0 amide bonds. The van der Waals surface area contributed by atoms with E-state index in [1.54, 1.807) is 25.2 Å². The Balaban J connectivity index is 2.23. The number of furan rings is 1. The first-order valence-electron chi connectivity index (χ1n) is 6.26. The van der Waals surface area contributed by atoms with E-state index < -0.39 is 10.0 Å². The average Bonchev–Trinajstić information content (AvgIpc) is 2.83. The van der Waals surface area contributed by atoms with Crippen LogP contribution in [0.15, 0.2) is 39.8 Å². The fourth-order valence-electron chi connectivity index (χ4n) is 1.78. The topological polar surface area (TPSA) is 71.3 Å². The second-order valence-corrected chi connectivity index (χ2v) is 6.27. The number of rotatable bonds is 5. The predicted octanol–water partition coefficient (Wildman–Crippen LogP) is 2.42. The molecule has 0 aliphatic carbocycles. The van der Waals surface area contributed by atoms with Gasteiger partial charge in [0.2, 0.25) is 5.09 Å². The minimum absolute atomic E-state index is 0.0824. The third kappa shape index (κ3) is 3.20. The fraction of sp³-hybridized carbons (Fsp3) is 0.286. The van der Waals surface area contributed by atoms with Gasteiger partial charge in [0, 0.05) is 5.69 Å². The Bertz CT molecular complexity index is 705. The summed E-state index contributed by atoms with van der Waals surface area (Å²) in [5.41, 5.74) is 2.67. The molecule has 0 saturated carbocycles. The standard InChI is InChI=1S/C14H18N2O3S/c1-10-4-5-12(8-11(10)2)16-20(17,18)14-7-6-13(19-14)9-15-3/h4-8,15-16H,9H2,1-3H3. The molecular weight excluding hydrogens is 276 g/mol. The number of hydrogen-bond donors (Lipinski definition) is 2. The number of benzene rings is 1. The van der Waals surface area contributed by atoms with Gasteiger partial charge < -0.3 is 9.73 Å². The van der Waals surface area contributed by atoms with Gasteiger partial charge in [0.05, 0.1) is 6.54 Å². The van der Waals surface area contributed by atoms with Crippen LogP contribution in [0.2, 0.25) is 0 Å². The molecule has 2 N–H and O–H groups in total. The minimum Gasteiger partial charge on any atom is -0.446 e. The van der Waals surface area contributed by atoms with Crippen LogP contribution in [0.5, 0.6) is 0 Å². The maximum atomic E-state index is 12.2. The summed E-state index contributed by atoms with van der Waals surface area (Å²) in [5, 5.41) is 2.82. The van der Waals surface area contributed by atoms with Crippen molar-refractivity contribution < 1.29 is 12.8 Å². The summed E-state index contributed by atoms with van der Waals surface area (Å²) in [6.45, 7) is 4.40. The van der Waals surface area contributed by atoms with Gasteiger partial charge in [-0.1, -0.05) is 6.07 Å². The van der Waals surface area contributed by atoms with E-state index in [2.05, 4.69) is 10.0 Å². The van der Waals surface area contributed by atoms with Gasteiger partial charge in [0.25, 0.3) is 10.0 Å². The molecule has 1 aromatic carbocycles. The fourth-order valence-corrected chi connectivity index (χ4v) is 2.78. The number of anilines is 1. The van der Waals surface area contributed by atoms with Crippen LogP contribution in [0.4, 0.5) is 5.69 Å². The molecule has 20 heavy (non-hydrogen) atoms. The van der Waals surface area contributed by atoms with Crippen molar-refractivity contribution >= 4 is 15.7 Å². The van der Waals surface area contributed by atoms with Gasteiger partial charge in [-0.15, -0.1) is 0 Å². The second-order valence-electron chi connectivity index (χ2n) is 4.66. The summed E-state index contributed by atoms with van der Waals surface area (Å²) < 4.78 is 32.2. The van der Waals surface area contributed by atoms with Crippen molar-refractivity contribution in [3.63, 3.8) is 0 Å². The Morgan fingerprint density at radius 3 is 2.50 bits per heavy atom. The summed E-state index contributed by atoms with van der Waals surface area (Å²) >= 11 is 0. The van der Waals surface area contributed by atoms with Crippen LogP contribution in [0.1, 0.15) is 16.9 Å². The van der Waals surface area contributed by atoms with Crippen LogP contribution in [-0.2, 0) is 16.6 Å². The summed E-state index contributed by atoms with van der Waals surface area (Å²) in [6.07, 6.45) is 0. The van der Waals surface area contributed by atoms with Crippen LogP contribution >= 0.6 is 0 Å². The van der Waals surface area contributed by atoms with E-state index in [9.17, 15) is 8.42 Å². The molecule has 0 unspecified atom stereocenters. The van der Waals surface area contributed by atoms with E-state index >= 15 is 0 Å². The van der Waals surface area contributed by atoms with Gasteiger partial charge in [-0.05, 0) is 56.3 Å². The van der Waals surface area contributed by atoms with E-state index in [-0.39, 0.29) is 5.09 Å². The number of sulfonamides is 1. The lowest BCUT2D eigenvalue weighted by Gasteiger charge is -2.08. The number of hydrogen-bond acceptors (Lipinski definition) is 4. The first kappa shape index (κ1) is 14.6. The van der Waals surface area contributed by atoms with Crippen molar-refractivity contribution in [1.29, 1.82) is 0 Å². The first-order valence-corrected chi connectivity index (χ1v) is 7.74. The second kappa shape index (κ2) is 5.68. The third-order valence-electron chi connectivity index (χ3n) is 3.01. The summed E-state index contributed by atoms with van der Waals surface area (Å²) in [5.74, 6) is 0.577. The monoisotopic (exact) mass is 294 g/mol. The smallest absolute Gasteiger partial charge is 0.295 e. The zero-order valence-corrected chi connectivity index (χ0v) is 12.5. The molecule has 0 saturated heterocycles. The van der Waals surface area contributed by atoms with Crippen molar-refractivity contribution in [2.24, 2.45) is 0 Å². The van der Waals surface area contributed by atoms with E-state index in [1.807, 2.05) is 19.9 Å². The quantitative estimate of drug-likeness (QED) is 0.888. The average molecular weight is 294 g/mol. The highest BCUT2D eigenvalue weighted by molar-refractivity contribution is 7.92. The maximum absolute atomic E-state index is 12.2. The Hall–Kier alpha value is -1.79. The SMILES string of the molecule is CNCc1ccc(S(=O)(=O)Nc2ccc(C)c(C)c2)o1. The zero-order chi connectivity index (χ0) is 14.8. The van der Waals surface area contributed by atoms with Gasteiger partial charge in [-0.25, -0.2) is 0 Å². The van der Waals surface area contributed by atoms with Crippen LogP contribution in [0.3, 0.4) is 0 Å². The van der Waals surface area contributed by atoms with Gasteiger partial charge in [-0.2, -0.15) is 8.42 Å². The highest BCUT2D eigenvalue weighted by Crippen LogP contribution is 2.20. The molecule has 0 bridgehead atoms. The Morgan fingerprint density at radius 2 is 1.85 bits per heavy atom.